The molecule has 2 aromatic carbocycles. The van der Waals surface area contributed by atoms with Gasteiger partial charge in [0.15, 0.2) is 0 Å². The molecule has 0 spiro atoms. The molecule has 6 nitrogen and oxygen atoms in total. The summed E-state index contributed by atoms with van der Waals surface area (Å²) in [6.45, 7) is 5.31. The Balaban J connectivity index is 2.28. The van der Waals surface area contributed by atoms with Crippen LogP contribution in [0.3, 0.4) is 0 Å². The second-order valence-corrected chi connectivity index (χ2v) is 8.46. The van der Waals surface area contributed by atoms with E-state index in [4.69, 9.17) is 5.26 Å². The largest absolute Gasteiger partial charge is 0.324 e. The number of amides is 1. The molecule has 0 unspecified atom stereocenters. The Bertz CT molecular complexity index is 956. The zero-order valence-corrected chi connectivity index (χ0v) is 16.7. The van der Waals surface area contributed by atoms with Crippen LogP contribution in [0.25, 0.3) is 0 Å². The maximum Gasteiger partial charge on any atom is 0.247 e. The predicted molar refractivity (Wildman–Crippen MR) is 107 cm³/mol. The highest BCUT2D eigenvalue weighted by atomic mass is 32.2. The third kappa shape index (κ3) is 5.31. The zero-order chi connectivity index (χ0) is 20.2. The van der Waals surface area contributed by atoms with Gasteiger partial charge in [0.2, 0.25) is 15.9 Å². The average Bonchev–Trinajstić information content (AvgIpc) is 2.54. The van der Waals surface area contributed by atoms with Crippen molar-refractivity contribution in [1.29, 1.82) is 5.26 Å². The summed E-state index contributed by atoms with van der Waals surface area (Å²) >= 11 is 0. The molecule has 1 N–H and O–H groups in total. The minimum atomic E-state index is -3.67. The summed E-state index contributed by atoms with van der Waals surface area (Å²) < 4.78 is 25.9. The number of carbonyl (C=O) groups is 1. The minimum absolute atomic E-state index is 0.291. The Hall–Kier alpha value is -2.85. The highest BCUT2D eigenvalue weighted by molar-refractivity contribution is 7.92. The second-order valence-electron chi connectivity index (χ2n) is 6.60. The molecule has 0 heterocycles. The first-order chi connectivity index (χ1) is 12.6. The monoisotopic (exact) mass is 385 g/mol. The number of aryl methyl sites for hydroxylation is 2. The fourth-order valence-corrected chi connectivity index (χ4v) is 4.09. The van der Waals surface area contributed by atoms with Gasteiger partial charge in [-0.2, -0.15) is 5.26 Å². The number of hydrogen-bond donors (Lipinski definition) is 1. The van der Waals surface area contributed by atoms with E-state index in [0.717, 1.165) is 27.3 Å². The van der Waals surface area contributed by atoms with Crippen molar-refractivity contribution in [3.63, 3.8) is 0 Å². The van der Waals surface area contributed by atoms with Gasteiger partial charge in [-0.05, 0) is 61.7 Å². The Morgan fingerprint density at radius 2 is 1.70 bits per heavy atom. The van der Waals surface area contributed by atoms with Crippen molar-refractivity contribution in [1.82, 2.24) is 0 Å². The third-order valence-corrected chi connectivity index (χ3v) is 5.30. The van der Waals surface area contributed by atoms with E-state index in [1.165, 1.54) is 0 Å². The molecule has 0 aliphatic carbocycles. The maximum atomic E-state index is 12.7. The van der Waals surface area contributed by atoms with E-state index in [1.54, 1.807) is 43.3 Å². The number of benzene rings is 2. The average molecular weight is 385 g/mol. The minimum Gasteiger partial charge on any atom is -0.324 e. The van der Waals surface area contributed by atoms with Crippen LogP contribution in [0.15, 0.2) is 42.5 Å². The molecule has 27 heavy (non-hydrogen) atoms. The van der Waals surface area contributed by atoms with Gasteiger partial charge in [-0.15, -0.1) is 0 Å². The lowest BCUT2D eigenvalue weighted by atomic mass is 10.1. The first-order valence-electron chi connectivity index (χ1n) is 8.46. The van der Waals surface area contributed by atoms with Crippen LogP contribution in [0.4, 0.5) is 11.4 Å². The van der Waals surface area contributed by atoms with Gasteiger partial charge in [0, 0.05) is 5.69 Å². The summed E-state index contributed by atoms with van der Waals surface area (Å²) in [5.41, 5.74) is 3.68. The van der Waals surface area contributed by atoms with Crippen molar-refractivity contribution in [2.24, 2.45) is 0 Å². The third-order valence-electron chi connectivity index (χ3n) is 4.05. The van der Waals surface area contributed by atoms with Crippen molar-refractivity contribution in [3.8, 4) is 6.07 Å². The van der Waals surface area contributed by atoms with E-state index in [2.05, 4.69) is 11.4 Å². The molecular formula is C20H23N3O3S. The number of nitriles is 1. The molecule has 1 amide bonds. The number of hydrogen-bond acceptors (Lipinski definition) is 4. The van der Waals surface area contributed by atoms with Crippen molar-refractivity contribution >= 4 is 27.3 Å². The quantitative estimate of drug-likeness (QED) is 0.827. The zero-order valence-electron chi connectivity index (χ0n) is 15.9. The molecule has 0 bridgehead atoms. The standard InChI is InChI=1S/C20H23N3O3S/c1-14-11-15(2)13-19(12-14)23(27(4,25)26)16(3)20(24)22-18-7-5-17(6-8-18)9-10-21/h5-8,11-13,16H,9H2,1-4H3,(H,22,24)/t16-/m0/s1. The molecule has 2 rings (SSSR count). The number of nitrogens with one attached hydrogen (secondary N) is 1. The Kier molecular flexibility index (Phi) is 6.24. The number of carbonyl (C=O) groups excluding carboxylic acids is 1. The molecule has 0 fully saturated rings. The molecule has 0 saturated heterocycles. The van der Waals surface area contributed by atoms with Gasteiger partial charge >= 0.3 is 0 Å². The maximum absolute atomic E-state index is 12.7. The molecule has 0 aromatic heterocycles. The van der Waals surface area contributed by atoms with E-state index in [0.29, 0.717) is 17.8 Å². The first-order valence-corrected chi connectivity index (χ1v) is 10.3. The summed E-state index contributed by atoms with van der Waals surface area (Å²) in [6, 6.07) is 13.5. The van der Waals surface area contributed by atoms with E-state index in [9.17, 15) is 13.2 Å². The highest BCUT2D eigenvalue weighted by Gasteiger charge is 2.29. The lowest BCUT2D eigenvalue weighted by Crippen LogP contribution is -2.45. The molecule has 7 heteroatoms. The van der Waals surface area contributed by atoms with Crippen LogP contribution in [-0.4, -0.2) is 26.6 Å². The van der Waals surface area contributed by atoms with Crippen LogP contribution < -0.4 is 9.62 Å². The summed E-state index contributed by atoms with van der Waals surface area (Å²) in [5, 5.41) is 11.4. The number of sulfonamides is 1. The van der Waals surface area contributed by atoms with Crippen molar-refractivity contribution < 1.29 is 13.2 Å². The number of anilines is 2. The lowest BCUT2D eigenvalue weighted by molar-refractivity contribution is -0.116. The van der Waals surface area contributed by atoms with Crippen LogP contribution in [0.2, 0.25) is 0 Å². The summed E-state index contributed by atoms with van der Waals surface area (Å²) in [6.07, 6.45) is 1.38. The molecular weight excluding hydrogens is 362 g/mol. The van der Waals surface area contributed by atoms with Crippen LogP contribution in [-0.2, 0) is 21.2 Å². The molecule has 0 aliphatic heterocycles. The SMILES string of the molecule is Cc1cc(C)cc(N([C@@H](C)C(=O)Nc2ccc(CC#N)cc2)S(C)(=O)=O)c1. The van der Waals surface area contributed by atoms with Crippen LogP contribution in [0.1, 0.15) is 23.6 Å². The van der Waals surface area contributed by atoms with Gasteiger partial charge in [-0.3, -0.25) is 9.10 Å². The fourth-order valence-electron chi connectivity index (χ4n) is 2.93. The van der Waals surface area contributed by atoms with Crippen molar-refractivity contribution in [2.45, 2.75) is 33.2 Å². The Morgan fingerprint density at radius 1 is 1.15 bits per heavy atom. The van der Waals surface area contributed by atoms with Crippen LogP contribution in [0, 0.1) is 25.2 Å². The molecule has 1 atom stereocenters. The van der Waals surface area contributed by atoms with E-state index >= 15 is 0 Å². The number of rotatable bonds is 6. The summed E-state index contributed by atoms with van der Waals surface area (Å²) in [7, 11) is -3.67. The van der Waals surface area contributed by atoms with E-state index in [-0.39, 0.29) is 0 Å². The van der Waals surface area contributed by atoms with Gasteiger partial charge in [0.25, 0.3) is 0 Å². The first kappa shape index (κ1) is 20.5. The van der Waals surface area contributed by atoms with Gasteiger partial charge in [-0.25, -0.2) is 8.42 Å². The number of nitrogens with zero attached hydrogens (tertiary/aromatic N) is 2. The van der Waals surface area contributed by atoms with Crippen molar-refractivity contribution in [3.05, 3.63) is 59.2 Å². The van der Waals surface area contributed by atoms with Gasteiger partial charge in [-0.1, -0.05) is 18.2 Å². The summed E-state index contributed by atoms with van der Waals surface area (Å²) in [4.78, 5) is 12.7. The lowest BCUT2D eigenvalue weighted by Gasteiger charge is -2.28. The normalized spacial score (nSPS) is 12.1. The summed E-state index contributed by atoms with van der Waals surface area (Å²) in [5.74, 6) is -0.437. The Labute approximate surface area is 160 Å². The van der Waals surface area contributed by atoms with E-state index in [1.807, 2.05) is 19.9 Å². The molecule has 0 saturated carbocycles. The molecule has 2 aromatic rings. The van der Waals surface area contributed by atoms with Crippen LogP contribution >= 0.6 is 0 Å². The topological polar surface area (TPSA) is 90.3 Å². The predicted octanol–water partition coefficient (Wildman–Crippen LogP) is 3.16. The molecule has 0 aliphatic rings. The van der Waals surface area contributed by atoms with E-state index < -0.39 is 22.0 Å². The van der Waals surface area contributed by atoms with Gasteiger partial charge < -0.3 is 5.32 Å². The molecule has 0 radical (unpaired) electrons. The second kappa shape index (κ2) is 8.23. The smallest absolute Gasteiger partial charge is 0.247 e. The van der Waals surface area contributed by atoms with Gasteiger partial charge in [0.1, 0.15) is 6.04 Å². The van der Waals surface area contributed by atoms with Gasteiger partial charge in [0.05, 0.1) is 24.4 Å². The van der Waals surface area contributed by atoms with Crippen molar-refractivity contribution in [2.75, 3.05) is 15.9 Å². The molecule has 142 valence electrons. The highest BCUT2D eigenvalue weighted by Crippen LogP contribution is 2.24. The Morgan fingerprint density at radius 3 is 2.19 bits per heavy atom. The fraction of sp³-hybridized carbons (Fsp3) is 0.300. The van der Waals surface area contributed by atoms with Crippen LogP contribution in [0.5, 0.6) is 0 Å².